The van der Waals surface area contributed by atoms with Crippen LogP contribution in [0.15, 0.2) is 249 Å². The van der Waals surface area contributed by atoms with Gasteiger partial charge in [0.05, 0.1) is 63.8 Å². The number of fused-ring (bicyclic) bond motifs is 4. The zero-order valence-corrected chi connectivity index (χ0v) is 68.0. The van der Waals surface area contributed by atoms with Crippen molar-refractivity contribution in [1.82, 2.24) is 69.9 Å². The molecule has 2 aliphatic heterocycles. The molecule has 122 heavy (non-hydrogen) atoms. The summed E-state index contributed by atoms with van der Waals surface area (Å²) in [6.45, 7) is 9.15. The van der Waals surface area contributed by atoms with Crippen molar-refractivity contribution in [2.24, 2.45) is 0 Å². The third-order valence-corrected chi connectivity index (χ3v) is 21.1. The predicted octanol–water partition coefficient (Wildman–Crippen LogP) is 13.6. The molecule has 2 fully saturated rings. The Morgan fingerprint density at radius 1 is 0.361 bits per heavy atom. The molecule has 26 nitrogen and oxygen atoms in total. The first-order chi connectivity index (χ1) is 59.6. The summed E-state index contributed by atoms with van der Waals surface area (Å²) in [5.41, 5.74) is 23.4. The standard InChI is InChI=1S/C25H28N4O3.C25H30N4O3.C25H23N3O2.C21H21N3O4/c30-24(27-32)14-11-20-9-12-22-21(18-20)26-23(13-10-19-6-2-1-3-7-19)29(22)17-5-16-28-15-4-8-25(28)31;30-25(27-31)12-9-21-7-10-23-22(19-21)26-24(11-8-20-5-2-1-3-6-20)29(23)14-4-13-28-15-17-32-18-16-28;29-25(27-30)16-13-20-11-14-23-22(17-20)26-24(15-12-19-7-3-1-4-8-19)28(23)18-21-9-5-2-6-10-21;25-20(23-28)11-8-16-6-9-18-17(14-16)22-19(24(18)13-12-21(26)27)10-7-15-4-2-1-3-5-15/h1-3,6-7,9,11-12,14,18,32H,4-5,8,10,13,15-17H2,(H,27,30);1-3,5-7,9-10,12,19,31H,4,8,11,13-18H2,(H,27,30);1-11,13-14,16-17,30H,12,15,18H2,(H,27,29);1-6,8-9,11,14,28H,7,10,12-13H2,(H,23,25)(H,26,27)/b14-11+;12-9+;16-13+;11-8+. The minimum Gasteiger partial charge on any atom is -0.481 e. The number of carbonyl (C=O) groups is 6. The van der Waals surface area contributed by atoms with Crippen LogP contribution in [0.5, 0.6) is 0 Å². The second kappa shape index (κ2) is 45.5. The highest BCUT2D eigenvalue weighted by atomic mass is 16.5. The number of carboxylic acids is 1. The number of aryl methyl sites for hydroxylation is 11. The molecule has 628 valence electrons. The van der Waals surface area contributed by atoms with Gasteiger partial charge in [-0.1, -0.05) is 176 Å². The molecule has 0 bridgehead atoms. The van der Waals surface area contributed by atoms with Crippen LogP contribution < -0.4 is 21.9 Å². The van der Waals surface area contributed by atoms with Gasteiger partial charge < -0.3 is 33.0 Å². The van der Waals surface area contributed by atoms with Crippen molar-refractivity contribution in [3.05, 3.63) is 322 Å². The van der Waals surface area contributed by atoms with Crippen LogP contribution in [-0.4, -0.2) is 155 Å². The molecule has 2 saturated heterocycles. The number of carbonyl (C=O) groups excluding carboxylic acids is 5. The number of morpholine rings is 1. The Balaban J connectivity index is 0.000000149. The van der Waals surface area contributed by atoms with Gasteiger partial charge in [0.1, 0.15) is 23.3 Å². The zero-order chi connectivity index (χ0) is 85.2. The van der Waals surface area contributed by atoms with Crippen molar-refractivity contribution in [3.8, 4) is 0 Å². The summed E-state index contributed by atoms with van der Waals surface area (Å²) in [7, 11) is 0. The summed E-state index contributed by atoms with van der Waals surface area (Å²) in [6.07, 6.45) is 22.0. The highest BCUT2D eigenvalue weighted by molar-refractivity contribution is 5.94. The van der Waals surface area contributed by atoms with Gasteiger partial charge in [-0.3, -0.25) is 54.5 Å². The first-order valence-electron chi connectivity index (χ1n) is 41.1. The van der Waals surface area contributed by atoms with Crippen LogP contribution >= 0.6 is 0 Å². The molecule has 6 heterocycles. The molecule has 0 radical (unpaired) electrons. The molecular weight excluding hydrogens is 1540 g/mol. The van der Waals surface area contributed by atoms with Gasteiger partial charge in [-0.15, -0.1) is 0 Å². The normalized spacial score (nSPS) is 12.9. The number of aliphatic carboxylic acids is 1. The van der Waals surface area contributed by atoms with Gasteiger partial charge >= 0.3 is 5.97 Å². The van der Waals surface area contributed by atoms with Crippen molar-refractivity contribution < 1.29 is 59.4 Å². The number of ether oxygens (including phenoxy) is 1. The number of hydroxylamine groups is 4. The molecule has 0 aliphatic carbocycles. The first-order valence-corrected chi connectivity index (χ1v) is 41.1. The smallest absolute Gasteiger partial charge is 0.305 e. The Labute approximate surface area is 707 Å². The van der Waals surface area contributed by atoms with Gasteiger partial charge in [0, 0.05) is 115 Å². The molecule has 0 atom stereocenters. The lowest BCUT2D eigenvalue weighted by Crippen LogP contribution is -2.37. The van der Waals surface area contributed by atoms with E-state index in [9.17, 15) is 28.8 Å². The molecule has 5 amide bonds. The number of hydrogen-bond acceptors (Lipinski definition) is 16. The molecule has 0 saturated carbocycles. The molecule has 15 rings (SSSR count). The number of hydrogen-bond donors (Lipinski definition) is 9. The number of aromatic nitrogens is 8. The minimum absolute atomic E-state index is 0.0160. The van der Waals surface area contributed by atoms with E-state index >= 15 is 0 Å². The summed E-state index contributed by atoms with van der Waals surface area (Å²) in [5.74, 6) is 1.06. The molecule has 9 N–H and O–H groups in total. The van der Waals surface area contributed by atoms with Crippen LogP contribution in [0.25, 0.3) is 68.4 Å². The number of rotatable bonds is 33. The first kappa shape index (κ1) is 87.7. The molecular formula is C96H102N14O12. The second-order valence-electron chi connectivity index (χ2n) is 29.6. The Kier molecular flexibility index (Phi) is 32.7. The van der Waals surface area contributed by atoms with E-state index < -0.39 is 29.6 Å². The average molecular weight is 1640 g/mol. The van der Waals surface area contributed by atoms with Crippen LogP contribution in [0.3, 0.4) is 0 Å². The third kappa shape index (κ3) is 26.0. The highest BCUT2D eigenvalue weighted by Gasteiger charge is 2.22. The van der Waals surface area contributed by atoms with Crippen LogP contribution in [0.2, 0.25) is 0 Å². The van der Waals surface area contributed by atoms with Gasteiger partial charge in [-0.2, -0.15) is 0 Å². The number of carboxylic acid groups (broad SMARTS) is 1. The van der Waals surface area contributed by atoms with E-state index in [1.165, 1.54) is 52.1 Å². The van der Waals surface area contributed by atoms with Crippen molar-refractivity contribution in [3.63, 3.8) is 0 Å². The fourth-order valence-electron chi connectivity index (χ4n) is 14.9. The van der Waals surface area contributed by atoms with Gasteiger partial charge in [0.2, 0.25) is 5.91 Å². The molecule has 0 unspecified atom stereocenters. The minimum atomic E-state index is -0.856. The Morgan fingerprint density at radius 2 is 0.672 bits per heavy atom. The summed E-state index contributed by atoms with van der Waals surface area (Å²) in [6, 6.07) is 75.1. The van der Waals surface area contributed by atoms with Crippen molar-refractivity contribution in [2.75, 3.05) is 45.9 Å². The van der Waals surface area contributed by atoms with Crippen LogP contribution in [-0.2, 0) is 111 Å². The average Bonchev–Trinajstić information content (AvgIpc) is 1.67. The summed E-state index contributed by atoms with van der Waals surface area (Å²) in [5, 5.41) is 43.6. The van der Waals surface area contributed by atoms with Gasteiger partial charge in [-0.25, -0.2) is 41.9 Å². The van der Waals surface area contributed by atoms with E-state index in [0.29, 0.717) is 19.4 Å². The number of likely N-dealkylation sites (tertiary alicyclic amines) is 1. The summed E-state index contributed by atoms with van der Waals surface area (Å²) in [4.78, 5) is 91.8. The lowest BCUT2D eigenvalue weighted by molar-refractivity contribution is -0.137. The second-order valence-corrected chi connectivity index (χ2v) is 29.6. The number of nitrogens with one attached hydrogen (secondary N) is 4. The van der Waals surface area contributed by atoms with Crippen LogP contribution in [0, 0.1) is 0 Å². The Morgan fingerprint density at radius 3 is 0.992 bits per heavy atom. The topological polar surface area (TPSA) is 339 Å². The summed E-state index contributed by atoms with van der Waals surface area (Å²) >= 11 is 0. The summed E-state index contributed by atoms with van der Waals surface area (Å²) < 4.78 is 14.3. The molecule has 4 aromatic heterocycles. The predicted molar refractivity (Wildman–Crippen MR) is 470 cm³/mol. The fourth-order valence-corrected chi connectivity index (χ4v) is 14.9. The maximum atomic E-state index is 11.9. The number of imidazole rings is 4. The van der Waals surface area contributed by atoms with E-state index in [-0.39, 0.29) is 12.3 Å². The van der Waals surface area contributed by atoms with Gasteiger partial charge in [0.15, 0.2) is 0 Å². The van der Waals surface area contributed by atoms with E-state index in [0.717, 1.165) is 219 Å². The lowest BCUT2D eigenvalue weighted by atomic mass is 10.1. The van der Waals surface area contributed by atoms with Crippen molar-refractivity contribution in [2.45, 2.75) is 110 Å². The van der Waals surface area contributed by atoms with E-state index in [1.54, 1.807) is 46.2 Å². The highest BCUT2D eigenvalue weighted by Crippen LogP contribution is 2.27. The van der Waals surface area contributed by atoms with E-state index in [2.05, 4.69) is 110 Å². The lowest BCUT2D eigenvalue weighted by Gasteiger charge is -2.26. The van der Waals surface area contributed by atoms with Crippen molar-refractivity contribution in [1.29, 1.82) is 0 Å². The molecule has 26 heteroatoms. The maximum absolute atomic E-state index is 11.9. The van der Waals surface area contributed by atoms with E-state index in [1.807, 2.05) is 143 Å². The quantitative estimate of drug-likeness (QED) is 0.0105. The SMILES string of the molecule is O=C(/C=C/c1ccc2c(c1)nc(CCc1ccccc1)n2CCCN1CCCC1=O)NO.O=C(/C=C/c1ccc2c(c1)nc(CCc1ccccc1)n2CCCN1CCOCC1)NO.O=C(/C=C/c1ccc2c(c1)nc(CCc1ccccc1)n2Cc1ccccc1)NO.O=C(O)CCn1c(CCc2ccccc2)nc2cc(/C=C/C(=O)NO)ccc21. The number of nitrogens with zero attached hydrogens (tertiary/aromatic N) is 10. The fraction of sp³-hybridized carbons (Fsp3) is 0.250. The molecule has 13 aromatic rings. The Hall–Kier alpha value is -13.6. The zero-order valence-electron chi connectivity index (χ0n) is 68.0. The van der Waals surface area contributed by atoms with Gasteiger partial charge in [0.25, 0.3) is 23.6 Å². The molecule has 9 aromatic carbocycles. The largest absolute Gasteiger partial charge is 0.481 e. The van der Waals surface area contributed by atoms with E-state index in [4.69, 9.17) is 50.6 Å². The Bertz CT molecular complexity index is 5760. The maximum Gasteiger partial charge on any atom is 0.305 e. The third-order valence-electron chi connectivity index (χ3n) is 21.1. The number of benzene rings is 9. The van der Waals surface area contributed by atoms with Crippen molar-refractivity contribution >= 4 is 104 Å². The number of amides is 5. The van der Waals surface area contributed by atoms with Crippen LogP contribution in [0.4, 0.5) is 0 Å². The monoisotopic (exact) mass is 1640 g/mol. The molecule has 0 spiro atoms. The van der Waals surface area contributed by atoms with Gasteiger partial charge in [-0.05, 0) is 168 Å². The van der Waals surface area contributed by atoms with Crippen LogP contribution in [0.1, 0.15) is 105 Å². The molecule has 2 aliphatic rings.